The minimum absolute atomic E-state index is 0.295. The fraction of sp³-hybridized carbons (Fsp3) is 0.0476. The zero-order chi connectivity index (χ0) is 21.1. The summed E-state index contributed by atoms with van der Waals surface area (Å²) in [6, 6.07) is 9.00. The highest BCUT2D eigenvalue weighted by molar-refractivity contribution is 6.10. The first-order valence-corrected chi connectivity index (χ1v) is 8.70. The lowest BCUT2D eigenvalue weighted by Gasteiger charge is -2.06. The highest BCUT2D eigenvalue weighted by atomic mass is 16.1. The number of amidine groups is 1. The van der Waals surface area contributed by atoms with Gasteiger partial charge in [0.15, 0.2) is 0 Å². The van der Waals surface area contributed by atoms with Crippen LogP contribution in [-0.4, -0.2) is 22.9 Å². The molecule has 0 atom stereocenters. The van der Waals surface area contributed by atoms with Crippen LogP contribution in [0.1, 0.15) is 16.7 Å². The van der Waals surface area contributed by atoms with Gasteiger partial charge in [0.05, 0.1) is 6.54 Å². The molecular weight excluding hydrogens is 366 g/mol. The van der Waals surface area contributed by atoms with Gasteiger partial charge in [-0.1, -0.05) is 12.1 Å². The van der Waals surface area contributed by atoms with Gasteiger partial charge in [0.1, 0.15) is 5.84 Å². The predicted octanol–water partition coefficient (Wildman–Crippen LogP) is 2.01. The van der Waals surface area contributed by atoms with E-state index in [2.05, 4.69) is 15.3 Å². The number of nitrogens with zero attached hydrogens (tertiary/aromatic N) is 2. The van der Waals surface area contributed by atoms with Crippen LogP contribution in [0.5, 0.6) is 0 Å². The summed E-state index contributed by atoms with van der Waals surface area (Å²) in [6.45, 7) is 0.415. The van der Waals surface area contributed by atoms with Crippen LogP contribution in [0.15, 0.2) is 72.3 Å². The Morgan fingerprint density at radius 2 is 1.93 bits per heavy atom. The average Bonchev–Trinajstić information content (AvgIpc) is 2.73. The van der Waals surface area contributed by atoms with Gasteiger partial charge in [-0.2, -0.15) is 0 Å². The largest absolute Gasteiger partial charge is 0.404 e. The van der Waals surface area contributed by atoms with E-state index in [-0.39, 0.29) is 5.91 Å². The standard InChI is InChI=1S/C21H23N7O/c22-9-7-20(25)27-13-15-1-4-18(5-2-15)28-21(29)6-3-16-14-26-10-8-19(16)17(11-23)12-24/h1-12,14,23H,13,22,24H2,(H2,25,27)(H,28,29)/b6-3+,9-7-,17-12?,23-11?. The summed E-state index contributed by atoms with van der Waals surface area (Å²) in [5.41, 5.74) is 20.0. The Bertz CT molecular complexity index is 973. The first-order chi connectivity index (χ1) is 14.1. The van der Waals surface area contributed by atoms with Crippen LogP contribution in [0.2, 0.25) is 0 Å². The first kappa shape index (κ1) is 21.1. The number of aromatic nitrogens is 1. The molecule has 1 aromatic carbocycles. The molecular formula is C21H23N7O. The molecule has 0 radical (unpaired) electrons. The minimum Gasteiger partial charge on any atom is -0.404 e. The number of allylic oxidation sites excluding steroid dienone is 1. The summed E-state index contributed by atoms with van der Waals surface area (Å²) in [5, 5.41) is 10.2. The summed E-state index contributed by atoms with van der Waals surface area (Å²) in [6.07, 6.45) is 11.6. The summed E-state index contributed by atoms with van der Waals surface area (Å²) < 4.78 is 0. The lowest BCUT2D eigenvalue weighted by Crippen LogP contribution is -2.09. The van der Waals surface area contributed by atoms with E-state index in [1.54, 1.807) is 36.7 Å². The minimum atomic E-state index is -0.295. The van der Waals surface area contributed by atoms with Crippen molar-refractivity contribution in [3.05, 3.63) is 84.0 Å². The average molecular weight is 389 g/mol. The normalized spacial score (nSPS) is 12.4. The third-order valence-corrected chi connectivity index (χ3v) is 3.84. The van der Waals surface area contributed by atoms with Crippen molar-refractivity contribution in [1.29, 1.82) is 5.41 Å². The smallest absolute Gasteiger partial charge is 0.248 e. The van der Waals surface area contributed by atoms with Gasteiger partial charge in [-0.3, -0.25) is 14.8 Å². The molecule has 29 heavy (non-hydrogen) atoms. The van der Waals surface area contributed by atoms with Crippen LogP contribution in [0, 0.1) is 5.41 Å². The summed E-state index contributed by atoms with van der Waals surface area (Å²) in [7, 11) is 0. The topological polar surface area (TPSA) is 156 Å². The summed E-state index contributed by atoms with van der Waals surface area (Å²) >= 11 is 0. The molecule has 0 aliphatic heterocycles. The van der Waals surface area contributed by atoms with Crippen molar-refractivity contribution in [3.8, 4) is 0 Å². The number of carbonyl (C=O) groups excluding carboxylic acids is 1. The van der Waals surface area contributed by atoms with E-state index < -0.39 is 0 Å². The quantitative estimate of drug-likeness (QED) is 0.265. The third-order valence-electron chi connectivity index (χ3n) is 3.84. The summed E-state index contributed by atoms with van der Waals surface area (Å²) in [5.74, 6) is 0.0523. The van der Waals surface area contributed by atoms with Crippen LogP contribution >= 0.6 is 0 Å². The van der Waals surface area contributed by atoms with Crippen LogP contribution in [0.3, 0.4) is 0 Å². The third kappa shape index (κ3) is 6.47. The zero-order valence-electron chi connectivity index (χ0n) is 15.7. The molecule has 0 aliphatic rings. The van der Waals surface area contributed by atoms with Gasteiger partial charge >= 0.3 is 0 Å². The molecule has 2 rings (SSSR count). The van der Waals surface area contributed by atoms with E-state index in [0.717, 1.165) is 17.3 Å². The maximum Gasteiger partial charge on any atom is 0.248 e. The number of nitrogens with one attached hydrogen (secondary N) is 2. The lowest BCUT2D eigenvalue weighted by molar-refractivity contribution is -0.111. The van der Waals surface area contributed by atoms with Crippen molar-refractivity contribution in [2.24, 2.45) is 22.2 Å². The molecule has 8 nitrogen and oxygen atoms in total. The Kier molecular flexibility index (Phi) is 7.88. The second-order valence-electron chi connectivity index (χ2n) is 5.85. The van der Waals surface area contributed by atoms with Crippen molar-refractivity contribution in [1.82, 2.24) is 4.98 Å². The maximum absolute atomic E-state index is 12.2. The maximum atomic E-state index is 12.2. The van der Waals surface area contributed by atoms with E-state index in [0.29, 0.717) is 29.2 Å². The Balaban J connectivity index is 2.03. The molecule has 0 fully saturated rings. The lowest BCUT2D eigenvalue weighted by atomic mass is 10.0. The molecule has 1 amide bonds. The monoisotopic (exact) mass is 389 g/mol. The number of carbonyl (C=O) groups is 1. The highest BCUT2D eigenvalue weighted by Crippen LogP contribution is 2.17. The molecule has 8 heteroatoms. The van der Waals surface area contributed by atoms with Gasteiger partial charge in [0.25, 0.3) is 0 Å². The van der Waals surface area contributed by atoms with Crippen LogP contribution in [0.25, 0.3) is 11.6 Å². The van der Waals surface area contributed by atoms with E-state index in [1.165, 1.54) is 24.6 Å². The Hall–Kier alpha value is -4.20. The van der Waals surface area contributed by atoms with Crippen molar-refractivity contribution in [2.45, 2.75) is 6.54 Å². The predicted molar refractivity (Wildman–Crippen MR) is 118 cm³/mol. The molecule has 0 spiro atoms. The van der Waals surface area contributed by atoms with Crippen molar-refractivity contribution in [3.63, 3.8) is 0 Å². The molecule has 2 aromatic rings. The zero-order valence-corrected chi connectivity index (χ0v) is 15.7. The van der Waals surface area contributed by atoms with Gasteiger partial charge in [0, 0.05) is 47.7 Å². The highest BCUT2D eigenvalue weighted by Gasteiger charge is 2.04. The number of hydrogen-bond acceptors (Lipinski definition) is 6. The van der Waals surface area contributed by atoms with E-state index in [1.807, 2.05) is 12.1 Å². The Morgan fingerprint density at radius 1 is 1.17 bits per heavy atom. The molecule has 0 saturated carbocycles. The number of nitrogens with two attached hydrogens (primary N) is 3. The number of pyridine rings is 1. The van der Waals surface area contributed by atoms with Crippen LogP contribution in [-0.2, 0) is 11.3 Å². The van der Waals surface area contributed by atoms with Gasteiger partial charge in [-0.15, -0.1) is 0 Å². The second-order valence-corrected chi connectivity index (χ2v) is 5.85. The molecule has 8 N–H and O–H groups in total. The van der Waals surface area contributed by atoms with E-state index in [4.69, 9.17) is 22.6 Å². The number of benzene rings is 1. The Morgan fingerprint density at radius 3 is 2.59 bits per heavy atom. The molecule has 1 aromatic heterocycles. The number of rotatable bonds is 8. The van der Waals surface area contributed by atoms with Crippen LogP contribution in [0.4, 0.5) is 5.69 Å². The number of aliphatic imine (C=N–C) groups is 1. The summed E-state index contributed by atoms with van der Waals surface area (Å²) in [4.78, 5) is 20.4. The van der Waals surface area contributed by atoms with Crippen molar-refractivity contribution < 1.29 is 4.79 Å². The number of anilines is 1. The molecule has 0 saturated heterocycles. The molecule has 148 valence electrons. The van der Waals surface area contributed by atoms with Crippen molar-refractivity contribution in [2.75, 3.05) is 5.32 Å². The molecule has 1 heterocycles. The number of hydrogen-bond donors (Lipinski definition) is 5. The first-order valence-electron chi connectivity index (χ1n) is 8.70. The van der Waals surface area contributed by atoms with Crippen LogP contribution < -0.4 is 22.5 Å². The van der Waals surface area contributed by atoms with E-state index >= 15 is 0 Å². The molecule has 0 aliphatic carbocycles. The van der Waals surface area contributed by atoms with Gasteiger partial charge < -0.3 is 27.9 Å². The fourth-order valence-corrected chi connectivity index (χ4v) is 2.39. The van der Waals surface area contributed by atoms with Crippen molar-refractivity contribution >= 4 is 35.3 Å². The van der Waals surface area contributed by atoms with E-state index in [9.17, 15) is 4.79 Å². The molecule has 0 unspecified atom stereocenters. The molecule has 0 bridgehead atoms. The second kappa shape index (κ2) is 10.8. The number of amides is 1. The SMILES string of the molecule is N=CC(=CN)c1ccncc1/C=C/C(=O)Nc1ccc(CN=C(N)/C=C\N)cc1. The van der Waals surface area contributed by atoms with Gasteiger partial charge in [-0.05, 0) is 47.7 Å². The van der Waals surface area contributed by atoms with Gasteiger partial charge in [0.2, 0.25) is 5.91 Å². The van der Waals surface area contributed by atoms with Gasteiger partial charge in [-0.25, -0.2) is 0 Å². The fourth-order valence-electron chi connectivity index (χ4n) is 2.39. The Labute approximate surface area is 169 Å².